The normalized spacial score (nSPS) is 12.2. The average Bonchev–Trinajstić information content (AvgIpc) is 2.64. The molecule has 0 aromatic carbocycles. The quantitative estimate of drug-likeness (QED) is 0.141. The molecule has 152 valence electrons. The summed E-state index contributed by atoms with van der Waals surface area (Å²) in [6.45, 7) is 14.1. The summed E-state index contributed by atoms with van der Waals surface area (Å²) in [5.74, 6) is 1.47. The largest absolute Gasteiger partial charge is 0.103 e. The predicted molar refractivity (Wildman–Crippen MR) is 122 cm³/mol. The fourth-order valence-electron chi connectivity index (χ4n) is 4.09. The molecular formula is C26H48. The molecule has 26 heavy (non-hydrogen) atoms. The van der Waals surface area contributed by atoms with Gasteiger partial charge in [-0.15, -0.1) is 19.7 Å². The van der Waals surface area contributed by atoms with Gasteiger partial charge in [0, 0.05) is 0 Å². The van der Waals surface area contributed by atoms with E-state index >= 15 is 0 Å². The molecule has 0 radical (unpaired) electrons. The summed E-state index contributed by atoms with van der Waals surface area (Å²) in [7, 11) is 0. The molecule has 0 rings (SSSR count). The first kappa shape index (κ1) is 25.2. The van der Waals surface area contributed by atoms with Crippen molar-refractivity contribution >= 4 is 0 Å². The van der Waals surface area contributed by atoms with Crippen molar-refractivity contribution in [1.29, 1.82) is 0 Å². The molecule has 0 saturated heterocycles. The Morgan fingerprint density at radius 2 is 0.846 bits per heavy atom. The Bertz CT molecular complexity index is 304. The maximum atomic E-state index is 3.97. The number of hydrogen-bond acceptors (Lipinski definition) is 0. The van der Waals surface area contributed by atoms with Crippen molar-refractivity contribution in [3.63, 3.8) is 0 Å². The molecule has 0 nitrogen and oxygen atoms in total. The topological polar surface area (TPSA) is 0 Å². The van der Waals surface area contributed by atoms with Gasteiger partial charge >= 0.3 is 0 Å². The summed E-state index contributed by atoms with van der Waals surface area (Å²) >= 11 is 0. The molecule has 0 amide bonds. The maximum absolute atomic E-state index is 3.97. The maximum Gasteiger partial charge on any atom is -0.0314 e. The van der Waals surface area contributed by atoms with Crippen LogP contribution >= 0.6 is 0 Å². The third kappa shape index (κ3) is 15.5. The molecule has 1 unspecified atom stereocenters. The smallest absolute Gasteiger partial charge is 0.0314 e. The lowest BCUT2D eigenvalue weighted by Crippen LogP contribution is -2.13. The molecule has 1 atom stereocenters. The zero-order valence-corrected chi connectivity index (χ0v) is 18.0. The van der Waals surface area contributed by atoms with E-state index in [1.165, 1.54) is 89.9 Å². The second-order valence-corrected chi connectivity index (χ2v) is 8.12. The standard InChI is InChI=1S/C26H48/c1-5-9-10-11-12-13-14-15-16-17-18-19-20-24-26(23-8-4)25(21-6-2)22-7-3/h6-8,25-26H,2-5,9-24H2,1H3. The van der Waals surface area contributed by atoms with Crippen LogP contribution in [0.3, 0.4) is 0 Å². The summed E-state index contributed by atoms with van der Waals surface area (Å²) in [5.41, 5.74) is 0. The molecule has 0 aliphatic heterocycles. The summed E-state index contributed by atoms with van der Waals surface area (Å²) in [4.78, 5) is 0. The van der Waals surface area contributed by atoms with E-state index in [1.54, 1.807) is 0 Å². The number of allylic oxidation sites excluding steroid dienone is 3. The van der Waals surface area contributed by atoms with Crippen molar-refractivity contribution in [1.82, 2.24) is 0 Å². The van der Waals surface area contributed by atoms with Gasteiger partial charge in [-0.3, -0.25) is 0 Å². The van der Waals surface area contributed by atoms with E-state index in [0.717, 1.165) is 25.2 Å². The minimum Gasteiger partial charge on any atom is -0.103 e. The Hall–Kier alpha value is -0.780. The van der Waals surface area contributed by atoms with Crippen LogP contribution < -0.4 is 0 Å². The molecule has 0 aliphatic rings. The van der Waals surface area contributed by atoms with E-state index in [1.807, 2.05) is 0 Å². The number of hydrogen-bond donors (Lipinski definition) is 0. The van der Waals surface area contributed by atoms with Crippen molar-refractivity contribution < 1.29 is 0 Å². The molecule has 0 aromatic heterocycles. The lowest BCUT2D eigenvalue weighted by molar-refractivity contribution is 0.308. The van der Waals surface area contributed by atoms with Crippen LogP contribution in [0.2, 0.25) is 0 Å². The fourth-order valence-corrected chi connectivity index (χ4v) is 4.09. The van der Waals surface area contributed by atoms with Gasteiger partial charge in [0.1, 0.15) is 0 Å². The van der Waals surface area contributed by atoms with Crippen molar-refractivity contribution in [2.75, 3.05) is 0 Å². The van der Waals surface area contributed by atoms with Gasteiger partial charge < -0.3 is 0 Å². The molecule has 0 heteroatoms. The lowest BCUT2D eigenvalue weighted by atomic mass is 9.81. The Morgan fingerprint density at radius 3 is 1.23 bits per heavy atom. The van der Waals surface area contributed by atoms with Crippen LogP contribution in [0.25, 0.3) is 0 Å². The average molecular weight is 361 g/mol. The van der Waals surface area contributed by atoms with Gasteiger partial charge in [-0.2, -0.15) is 0 Å². The third-order valence-corrected chi connectivity index (χ3v) is 5.75. The van der Waals surface area contributed by atoms with E-state index in [4.69, 9.17) is 0 Å². The lowest BCUT2D eigenvalue weighted by Gasteiger charge is -2.24. The van der Waals surface area contributed by atoms with E-state index in [2.05, 4.69) is 44.9 Å². The van der Waals surface area contributed by atoms with Crippen LogP contribution in [0.1, 0.15) is 116 Å². The summed E-state index contributed by atoms with van der Waals surface area (Å²) in [6, 6.07) is 0. The molecule has 0 spiro atoms. The number of rotatable bonds is 21. The molecule has 0 aliphatic carbocycles. The van der Waals surface area contributed by atoms with Gasteiger partial charge in [0.05, 0.1) is 0 Å². The molecule has 0 N–H and O–H groups in total. The Balaban J connectivity index is 3.61. The van der Waals surface area contributed by atoms with E-state index in [0.29, 0.717) is 5.92 Å². The van der Waals surface area contributed by atoms with Gasteiger partial charge in [0.2, 0.25) is 0 Å². The second-order valence-electron chi connectivity index (χ2n) is 8.12. The van der Waals surface area contributed by atoms with Crippen LogP contribution in [0.5, 0.6) is 0 Å². The Kier molecular flexibility index (Phi) is 19.9. The van der Waals surface area contributed by atoms with E-state index in [9.17, 15) is 0 Å². The zero-order chi connectivity index (χ0) is 19.3. The fraction of sp³-hybridized carbons (Fsp3) is 0.769. The highest BCUT2D eigenvalue weighted by molar-refractivity contribution is 4.86. The van der Waals surface area contributed by atoms with Crippen LogP contribution in [-0.4, -0.2) is 0 Å². The van der Waals surface area contributed by atoms with Gasteiger partial charge in [0.15, 0.2) is 0 Å². The first-order chi connectivity index (χ1) is 12.8. The summed E-state index contributed by atoms with van der Waals surface area (Å²) < 4.78 is 0. The minimum absolute atomic E-state index is 0.709. The Labute approximate surface area is 166 Å². The molecule has 0 saturated carbocycles. The second kappa shape index (κ2) is 20.5. The van der Waals surface area contributed by atoms with Gasteiger partial charge in [0.25, 0.3) is 0 Å². The highest BCUT2D eigenvalue weighted by atomic mass is 14.2. The van der Waals surface area contributed by atoms with Crippen molar-refractivity contribution in [2.24, 2.45) is 11.8 Å². The molecule has 0 aromatic rings. The van der Waals surface area contributed by atoms with Crippen molar-refractivity contribution in [3.05, 3.63) is 38.0 Å². The highest BCUT2D eigenvalue weighted by Gasteiger charge is 2.17. The van der Waals surface area contributed by atoms with E-state index < -0.39 is 0 Å². The van der Waals surface area contributed by atoms with Gasteiger partial charge in [-0.05, 0) is 37.5 Å². The molecule has 0 heterocycles. The predicted octanol–water partition coefficient (Wildman–Crippen LogP) is 9.43. The van der Waals surface area contributed by atoms with Crippen LogP contribution in [0.15, 0.2) is 38.0 Å². The first-order valence-corrected chi connectivity index (χ1v) is 11.6. The SMILES string of the molecule is C=CCC(CC=C)C(CC=C)CCCCCCCCCCCCCCC. The van der Waals surface area contributed by atoms with Crippen molar-refractivity contribution in [3.8, 4) is 0 Å². The number of unbranched alkanes of at least 4 members (excludes halogenated alkanes) is 12. The Morgan fingerprint density at radius 1 is 0.500 bits per heavy atom. The van der Waals surface area contributed by atoms with Crippen molar-refractivity contribution in [2.45, 2.75) is 116 Å². The first-order valence-electron chi connectivity index (χ1n) is 11.6. The third-order valence-electron chi connectivity index (χ3n) is 5.75. The summed E-state index contributed by atoms with van der Waals surface area (Å²) in [5, 5.41) is 0. The molecule has 0 fully saturated rings. The zero-order valence-electron chi connectivity index (χ0n) is 18.0. The molecular weight excluding hydrogens is 312 g/mol. The summed E-state index contributed by atoms with van der Waals surface area (Å²) in [6.07, 6.45) is 29.6. The minimum atomic E-state index is 0.709. The van der Waals surface area contributed by atoms with Crippen LogP contribution in [0.4, 0.5) is 0 Å². The highest BCUT2D eigenvalue weighted by Crippen LogP contribution is 2.29. The van der Waals surface area contributed by atoms with Crippen LogP contribution in [-0.2, 0) is 0 Å². The van der Waals surface area contributed by atoms with Gasteiger partial charge in [-0.1, -0.05) is 109 Å². The molecule has 0 bridgehead atoms. The van der Waals surface area contributed by atoms with Crippen LogP contribution in [0, 0.1) is 11.8 Å². The van der Waals surface area contributed by atoms with Gasteiger partial charge in [-0.25, -0.2) is 0 Å². The monoisotopic (exact) mass is 360 g/mol. The van der Waals surface area contributed by atoms with E-state index in [-0.39, 0.29) is 0 Å².